The van der Waals surface area contributed by atoms with Crippen LogP contribution in [0.3, 0.4) is 0 Å². The third kappa shape index (κ3) is 1.89. The fourth-order valence-corrected chi connectivity index (χ4v) is 0.775. The molecule has 0 saturated heterocycles. The van der Waals surface area contributed by atoms with Gasteiger partial charge in [0.1, 0.15) is 12.4 Å². The van der Waals surface area contributed by atoms with Gasteiger partial charge in [0.25, 0.3) is 0 Å². The Morgan fingerprint density at radius 3 is 2.91 bits per heavy atom. The van der Waals surface area contributed by atoms with Crippen LogP contribution in [0.25, 0.3) is 0 Å². The number of nitrogens with two attached hydrogens (primary N) is 1. The van der Waals surface area contributed by atoms with Crippen LogP contribution >= 0.6 is 0 Å². The Bertz CT molecular complexity index is 252. The Morgan fingerprint density at radius 1 is 1.55 bits per heavy atom. The van der Waals surface area contributed by atoms with Gasteiger partial charge in [-0.3, -0.25) is 5.26 Å². The van der Waals surface area contributed by atoms with Crippen LogP contribution in [-0.2, 0) is 11.5 Å². The summed E-state index contributed by atoms with van der Waals surface area (Å²) >= 11 is 0. The average Bonchev–Trinajstić information content (AvgIpc) is 1.98. The van der Waals surface area contributed by atoms with E-state index in [1.807, 2.05) is 0 Å². The number of hydrogen-bond acceptors (Lipinski definition) is 3. The van der Waals surface area contributed by atoms with Gasteiger partial charge in [0.05, 0.1) is 0 Å². The van der Waals surface area contributed by atoms with Crippen molar-refractivity contribution in [2.75, 3.05) is 5.73 Å². The van der Waals surface area contributed by atoms with Gasteiger partial charge in [0.15, 0.2) is 0 Å². The quantitative estimate of drug-likeness (QED) is 0.387. The zero-order valence-corrected chi connectivity index (χ0v) is 5.75. The minimum Gasteiger partial charge on any atom is -0.399 e. The Hall–Kier alpha value is -1.13. The average molecular weight is 157 g/mol. The largest absolute Gasteiger partial charge is 0.399 e. The second-order valence-electron chi connectivity index (χ2n) is 2.12. The molecule has 0 radical (unpaired) electrons. The van der Waals surface area contributed by atoms with Crippen LogP contribution < -0.4 is 5.73 Å². The van der Waals surface area contributed by atoms with Crippen molar-refractivity contribution in [3.8, 4) is 0 Å². The molecule has 0 aromatic heterocycles. The van der Waals surface area contributed by atoms with Crippen molar-refractivity contribution >= 4 is 5.69 Å². The molecule has 0 saturated carbocycles. The fourth-order valence-electron chi connectivity index (χ4n) is 0.775. The number of nitrogen functional groups attached to an aromatic ring is 1. The molecule has 0 aliphatic carbocycles. The maximum absolute atomic E-state index is 12.7. The van der Waals surface area contributed by atoms with Gasteiger partial charge in [-0.25, -0.2) is 9.28 Å². The SMILES string of the molecule is Nc1ccc(F)c(COO)c1. The zero-order chi connectivity index (χ0) is 8.27. The van der Waals surface area contributed by atoms with E-state index in [9.17, 15) is 4.39 Å². The van der Waals surface area contributed by atoms with Crippen molar-refractivity contribution in [1.82, 2.24) is 0 Å². The highest BCUT2D eigenvalue weighted by molar-refractivity contribution is 5.41. The van der Waals surface area contributed by atoms with Crippen molar-refractivity contribution < 1.29 is 14.5 Å². The van der Waals surface area contributed by atoms with E-state index in [1.165, 1.54) is 18.2 Å². The maximum atomic E-state index is 12.7. The van der Waals surface area contributed by atoms with Crippen molar-refractivity contribution in [2.45, 2.75) is 6.61 Å². The lowest BCUT2D eigenvalue weighted by molar-refractivity contribution is -0.253. The highest BCUT2D eigenvalue weighted by atomic mass is 19.1. The lowest BCUT2D eigenvalue weighted by atomic mass is 10.2. The van der Waals surface area contributed by atoms with Gasteiger partial charge in [-0.15, -0.1) is 0 Å². The summed E-state index contributed by atoms with van der Waals surface area (Å²) in [5.74, 6) is -0.437. The van der Waals surface area contributed by atoms with Crippen LogP contribution in [0.2, 0.25) is 0 Å². The van der Waals surface area contributed by atoms with Crippen LogP contribution in [0.15, 0.2) is 18.2 Å². The minimum atomic E-state index is -0.437. The Kier molecular flexibility index (Phi) is 2.40. The summed E-state index contributed by atoms with van der Waals surface area (Å²) in [7, 11) is 0. The first-order valence-electron chi connectivity index (χ1n) is 3.04. The fraction of sp³-hybridized carbons (Fsp3) is 0.143. The molecule has 11 heavy (non-hydrogen) atoms. The van der Waals surface area contributed by atoms with E-state index >= 15 is 0 Å². The molecule has 0 aliphatic rings. The highest BCUT2D eigenvalue weighted by Crippen LogP contribution is 2.12. The molecule has 1 rings (SSSR count). The molecule has 1 aromatic rings. The smallest absolute Gasteiger partial charge is 0.128 e. The summed E-state index contributed by atoms with van der Waals surface area (Å²) in [6, 6.07) is 4.07. The summed E-state index contributed by atoms with van der Waals surface area (Å²) in [6.45, 7) is -0.184. The third-order valence-electron chi connectivity index (χ3n) is 1.29. The summed E-state index contributed by atoms with van der Waals surface area (Å²) in [4.78, 5) is 3.77. The van der Waals surface area contributed by atoms with E-state index in [-0.39, 0.29) is 12.2 Å². The van der Waals surface area contributed by atoms with Crippen molar-refractivity contribution in [2.24, 2.45) is 0 Å². The molecule has 0 unspecified atom stereocenters. The molecule has 0 fully saturated rings. The van der Waals surface area contributed by atoms with Crippen LogP contribution in [-0.4, -0.2) is 5.26 Å². The summed E-state index contributed by atoms with van der Waals surface area (Å²) in [5, 5.41) is 8.03. The predicted octanol–water partition coefficient (Wildman–Crippen LogP) is 1.40. The van der Waals surface area contributed by atoms with Crippen molar-refractivity contribution in [1.29, 1.82) is 0 Å². The van der Waals surface area contributed by atoms with Gasteiger partial charge < -0.3 is 5.73 Å². The van der Waals surface area contributed by atoms with Gasteiger partial charge in [-0.2, -0.15) is 0 Å². The molecule has 4 heteroatoms. The van der Waals surface area contributed by atoms with E-state index < -0.39 is 5.82 Å². The molecule has 60 valence electrons. The zero-order valence-electron chi connectivity index (χ0n) is 5.75. The lowest BCUT2D eigenvalue weighted by Crippen LogP contribution is -1.95. The van der Waals surface area contributed by atoms with Crippen LogP contribution in [0, 0.1) is 5.82 Å². The molecule has 3 nitrogen and oxygen atoms in total. The van der Waals surface area contributed by atoms with E-state index in [1.54, 1.807) is 0 Å². The first kappa shape index (κ1) is 7.97. The van der Waals surface area contributed by atoms with Gasteiger partial charge in [0, 0.05) is 11.3 Å². The van der Waals surface area contributed by atoms with Crippen molar-refractivity contribution in [3.05, 3.63) is 29.6 Å². The summed E-state index contributed by atoms with van der Waals surface area (Å²) < 4.78 is 12.7. The van der Waals surface area contributed by atoms with Gasteiger partial charge in [-0.1, -0.05) is 0 Å². The lowest BCUT2D eigenvalue weighted by Gasteiger charge is -2.00. The maximum Gasteiger partial charge on any atom is 0.128 e. The molecular formula is C7H8FNO2. The Labute approximate surface area is 63.1 Å². The molecule has 0 heterocycles. The van der Waals surface area contributed by atoms with Gasteiger partial charge in [0.2, 0.25) is 0 Å². The predicted molar refractivity (Wildman–Crippen MR) is 38.2 cm³/mol. The first-order valence-corrected chi connectivity index (χ1v) is 3.04. The molecule has 0 amide bonds. The number of halogens is 1. The minimum absolute atomic E-state index is 0.184. The molecule has 3 N–H and O–H groups in total. The summed E-state index contributed by atoms with van der Waals surface area (Å²) in [6.07, 6.45) is 0. The highest BCUT2D eigenvalue weighted by Gasteiger charge is 2.01. The number of benzene rings is 1. The Morgan fingerprint density at radius 2 is 2.27 bits per heavy atom. The number of hydrogen-bond donors (Lipinski definition) is 2. The standard InChI is InChI=1S/C7H8FNO2/c8-7-2-1-6(9)3-5(7)4-11-10/h1-3,10H,4,9H2. The molecule has 0 bridgehead atoms. The van der Waals surface area contributed by atoms with E-state index in [0.717, 1.165) is 0 Å². The Balaban J connectivity index is 2.93. The molecule has 0 atom stereocenters. The summed E-state index contributed by atoms with van der Waals surface area (Å²) in [5.41, 5.74) is 6.04. The van der Waals surface area contributed by atoms with Crippen LogP contribution in [0.5, 0.6) is 0 Å². The van der Waals surface area contributed by atoms with Gasteiger partial charge >= 0.3 is 0 Å². The van der Waals surface area contributed by atoms with Crippen molar-refractivity contribution in [3.63, 3.8) is 0 Å². The van der Waals surface area contributed by atoms with E-state index in [4.69, 9.17) is 11.0 Å². The van der Waals surface area contributed by atoms with Crippen LogP contribution in [0.1, 0.15) is 5.56 Å². The molecule has 0 aliphatic heterocycles. The molecule has 0 spiro atoms. The first-order chi connectivity index (χ1) is 5.24. The third-order valence-corrected chi connectivity index (χ3v) is 1.29. The van der Waals surface area contributed by atoms with E-state index in [2.05, 4.69) is 4.89 Å². The monoisotopic (exact) mass is 157 g/mol. The topological polar surface area (TPSA) is 55.5 Å². The second kappa shape index (κ2) is 3.32. The molecular weight excluding hydrogens is 149 g/mol. The number of rotatable bonds is 2. The normalized spacial score (nSPS) is 10.0. The van der Waals surface area contributed by atoms with Gasteiger partial charge in [-0.05, 0) is 18.2 Å². The van der Waals surface area contributed by atoms with E-state index in [0.29, 0.717) is 5.69 Å². The molecule has 1 aromatic carbocycles. The van der Waals surface area contributed by atoms with Crippen LogP contribution in [0.4, 0.5) is 10.1 Å². The number of anilines is 1. The second-order valence-corrected chi connectivity index (χ2v) is 2.12.